The van der Waals surface area contributed by atoms with E-state index < -0.39 is 0 Å². The van der Waals surface area contributed by atoms with E-state index in [1.807, 2.05) is 18.7 Å². The maximum atomic E-state index is 6.39. The van der Waals surface area contributed by atoms with Crippen LogP contribution in [0.1, 0.15) is 37.1 Å². The lowest BCUT2D eigenvalue weighted by atomic mass is 9.70. The molecule has 3 unspecified atom stereocenters. The van der Waals surface area contributed by atoms with E-state index in [1.165, 1.54) is 31.4 Å². The minimum atomic E-state index is 0.285. The van der Waals surface area contributed by atoms with E-state index in [2.05, 4.69) is 5.10 Å². The van der Waals surface area contributed by atoms with Crippen LogP contribution in [0.15, 0.2) is 0 Å². The summed E-state index contributed by atoms with van der Waals surface area (Å²) in [5.74, 6) is 1.71. The summed E-state index contributed by atoms with van der Waals surface area (Å²) in [7, 11) is 1.99. The molecule has 18 heavy (non-hydrogen) atoms. The SMILES string of the molecule is Cc1nn(C)c(CC2(CN)CC3CCC2C3)c1Cl. The van der Waals surface area contributed by atoms with Crippen molar-refractivity contribution in [1.82, 2.24) is 9.78 Å². The molecule has 3 atom stereocenters. The zero-order chi connectivity index (χ0) is 12.9. The van der Waals surface area contributed by atoms with Crippen LogP contribution in [-0.4, -0.2) is 16.3 Å². The van der Waals surface area contributed by atoms with Crippen molar-refractivity contribution in [1.29, 1.82) is 0 Å². The first-order valence-electron chi connectivity index (χ1n) is 6.94. The van der Waals surface area contributed by atoms with Crippen LogP contribution in [0, 0.1) is 24.2 Å². The molecule has 2 aliphatic rings. The predicted octanol–water partition coefficient (Wildman–Crippen LogP) is 2.69. The molecule has 1 aromatic heterocycles. The molecule has 0 spiro atoms. The number of hydrogen-bond acceptors (Lipinski definition) is 2. The Morgan fingerprint density at radius 1 is 1.50 bits per heavy atom. The largest absolute Gasteiger partial charge is 0.330 e. The minimum absolute atomic E-state index is 0.285. The molecule has 2 saturated carbocycles. The van der Waals surface area contributed by atoms with Gasteiger partial charge >= 0.3 is 0 Å². The van der Waals surface area contributed by atoms with Gasteiger partial charge in [-0.1, -0.05) is 18.0 Å². The van der Waals surface area contributed by atoms with E-state index in [9.17, 15) is 0 Å². The number of aryl methyl sites for hydroxylation is 2. The Kier molecular flexibility index (Phi) is 2.94. The molecular formula is C14H22ClN3. The summed E-state index contributed by atoms with van der Waals surface area (Å²) in [5, 5.41) is 5.26. The normalized spacial score (nSPS) is 34.4. The molecule has 0 radical (unpaired) electrons. The van der Waals surface area contributed by atoms with Crippen LogP contribution in [0.3, 0.4) is 0 Å². The molecule has 2 bridgehead atoms. The number of rotatable bonds is 3. The van der Waals surface area contributed by atoms with Crippen LogP contribution < -0.4 is 5.73 Å². The standard InChI is InChI=1S/C14H22ClN3/c1-9-13(15)12(18(2)17-9)7-14(8-16)6-10-3-4-11(14)5-10/h10-11H,3-8,16H2,1-2H3. The molecule has 0 aromatic carbocycles. The summed E-state index contributed by atoms with van der Waals surface area (Å²) in [4.78, 5) is 0. The van der Waals surface area contributed by atoms with Crippen molar-refractivity contribution in [2.24, 2.45) is 30.0 Å². The molecule has 4 heteroatoms. The third-order valence-electron chi connectivity index (χ3n) is 5.29. The smallest absolute Gasteiger partial charge is 0.0847 e. The van der Waals surface area contributed by atoms with Crippen LogP contribution in [-0.2, 0) is 13.5 Å². The summed E-state index contributed by atoms with van der Waals surface area (Å²) < 4.78 is 1.95. The van der Waals surface area contributed by atoms with Crippen molar-refractivity contribution < 1.29 is 0 Å². The molecule has 1 aromatic rings. The topological polar surface area (TPSA) is 43.8 Å². The van der Waals surface area contributed by atoms with Gasteiger partial charge in [-0.3, -0.25) is 4.68 Å². The Hall–Kier alpha value is -0.540. The average molecular weight is 268 g/mol. The van der Waals surface area contributed by atoms with E-state index in [4.69, 9.17) is 17.3 Å². The second kappa shape index (κ2) is 4.24. The monoisotopic (exact) mass is 267 g/mol. The third kappa shape index (κ3) is 1.71. The van der Waals surface area contributed by atoms with Crippen LogP contribution in [0.5, 0.6) is 0 Å². The molecule has 3 nitrogen and oxygen atoms in total. The number of halogens is 1. The minimum Gasteiger partial charge on any atom is -0.330 e. The van der Waals surface area contributed by atoms with Crippen molar-refractivity contribution >= 4 is 11.6 Å². The van der Waals surface area contributed by atoms with Crippen LogP contribution in [0.2, 0.25) is 5.02 Å². The van der Waals surface area contributed by atoms with Gasteiger partial charge in [-0.2, -0.15) is 5.10 Å². The van der Waals surface area contributed by atoms with E-state index in [1.54, 1.807) is 0 Å². The van der Waals surface area contributed by atoms with E-state index in [-0.39, 0.29) is 5.41 Å². The maximum Gasteiger partial charge on any atom is 0.0847 e. The summed E-state index contributed by atoms with van der Waals surface area (Å²) >= 11 is 6.39. The van der Waals surface area contributed by atoms with Gasteiger partial charge in [0.1, 0.15) is 0 Å². The molecule has 0 amide bonds. The van der Waals surface area contributed by atoms with Gasteiger partial charge in [0, 0.05) is 7.05 Å². The number of nitrogens with two attached hydrogens (primary N) is 1. The second-order valence-electron chi connectivity index (χ2n) is 6.29. The zero-order valence-corrected chi connectivity index (χ0v) is 12.0. The quantitative estimate of drug-likeness (QED) is 0.915. The van der Waals surface area contributed by atoms with Crippen LogP contribution >= 0.6 is 11.6 Å². The van der Waals surface area contributed by atoms with Crippen molar-refractivity contribution in [3.8, 4) is 0 Å². The lowest BCUT2D eigenvalue weighted by Crippen LogP contribution is -2.38. The van der Waals surface area contributed by atoms with Crippen LogP contribution in [0.25, 0.3) is 0 Å². The first-order chi connectivity index (χ1) is 8.55. The molecule has 2 fully saturated rings. The van der Waals surface area contributed by atoms with Crippen molar-refractivity contribution in [2.75, 3.05) is 6.54 Å². The van der Waals surface area contributed by atoms with Crippen molar-refractivity contribution in [3.63, 3.8) is 0 Å². The van der Waals surface area contributed by atoms with Gasteiger partial charge in [0.2, 0.25) is 0 Å². The Morgan fingerprint density at radius 3 is 2.72 bits per heavy atom. The molecular weight excluding hydrogens is 246 g/mol. The Balaban J connectivity index is 1.91. The van der Waals surface area contributed by atoms with Gasteiger partial charge < -0.3 is 5.73 Å². The van der Waals surface area contributed by atoms with E-state index in [0.717, 1.165) is 35.5 Å². The molecule has 1 heterocycles. The van der Waals surface area contributed by atoms with Gasteiger partial charge in [0.25, 0.3) is 0 Å². The highest BCUT2D eigenvalue weighted by atomic mass is 35.5. The highest BCUT2D eigenvalue weighted by Crippen LogP contribution is 2.57. The molecule has 2 aliphatic carbocycles. The Bertz CT molecular complexity index is 468. The van der Waals surface area contributed by atoms with Gasteiger partial charge in [-0.15, -0.1) is 0 Å². The van der Waals surface area contributed by atoms with Gasteiger partial charge in [-0.25, -0.2) is 0 Å². The third-order valence-corrected chi connectivity index (χ3v) is 5.78. The number of nitrogens with zero attached hydrogens (tertiary/aromatic N) is 2. The lowest BCUT2D eigenvalue weighted by molar-refractivity contribution is 0.168. The Labute approximate surface area is 114 Å². The highest BCUT2D eigenvalue weighted by Gasteiger charge is 2.50. The van der Waals surface area contributed by atoms with Crippen molar-refractivity contribution in [2.45, 2.75) is 39.0 Å². The van der Waals surface area contributed by atoms with Crippen molar-refractivity contribution in [3.05, 3.63) is 16.4 Å². The summed E-state index contributed by atoms with van der Waals surface area (Å²) in [5.41, 5.74) is 8.53. The lowest BCUT2D eigenvalue weighted by Gasteiger charge is -2.37. The summed E-state index contributed by atoms with van der Waals surface area (Å²) in [6.07, 6.45) is 6.43. The van der Waals surface area contributed by atoms with Crippen LogP contribution in [0.4, 0.5) is 0 Å². The molecule has 2 N–H and O–H groups in total. The van der Waals surface area contributed by atoms with Gasteiger partial charge in [-0.05, 0) is 56.4 Å². The summed E-state index contributed by atoms with van der Waals surface area (Å²) in [6, 6.07) is 0. The highest BCUT2D eigenvalue weighted by molar-refractivity contribution is 6.31. The average Bonchev–Trinajstić information content (AvgIpc) is 3.00. The predicted molar refractivity (Wildman–Crippen MR) is 73.6 cm³/mol. The molecule has 3 rings (SSSR count). The second-order valence-corrected chi connectivity index (χ2v) is 6.67. The number of fused-ring (bicyclic) bond motifs is 2. The summed E-state index contributed by atoms with van der Waals surface area (Å²) in [6.45, 7) is 2.76. The first-order valence-corrected chi connectivity index (χ1v) is 7.31. The first kappa shape index (κ1) is 12.5. The van der Waals surface area contributed by atoms with E-state index >= 15 is 0 Å². The van der Waals surface area contributed by atoms with Gasteiger partial charge in [0.15, 0.2) is 0 Å². The number of aromatic nitrogens is 2. The molecule has 0 saturated heterocycles. The zero-order valence-electron chi connectivity index (χ0n) is 11.2. The maximum absolute atomic E-state index is 6.39. The van der Waals surface area contributed by atoms with E-state index in [0.29, 0.717) is 0 Å². The fourth-order valence-electron chi connectivity index (χ4n) is 4.30. The number of hydrogen-bond donors (Lipinski definition) is 1. The Morgan fingerprint density at radius 2 is 2.28 bits per heavy atom. The molecule has 100 valence electrons. The fraction of sp³-hybridized carbons (Fsp3) is 0.786. The molecule has 0 aliphatic heterocycles. The van der Waals surface area contributed by atoms with Gasteiger partial charge in [0.05, 0.1) is 16.4 Å². The fourth-order valence-corrected chi connectivity index (χ4v) is 4.53.